The number of para-hydroxylation sites is 2. The standard InChI is InChI=1S/C16H17FO3S/c1-2-19-14-8-4-5-9-15(14)20-11-12-21(18)16-10-6-3-7-13(16)17/h3-10H,2,11-12H2,1H3. The molecule has 0 amide bonds. The normalized spacial score (nSPS) is 11.9. The van der Waals surface area contributed by atoms with Crippen LogP contribution in [0.3, 0.4) is 0 Å². The van der Waals surface area contributed by atoms with E-state index in [9.17, 15) is 8.60 Å². The second-order valence-corrected chi connectivity index (χ2v) is 5.75. The third-order valence-corrected chi connectivity index (χ3v) is 4.12. The zero-order chi connectivity index (χ0) is 15.1. The first-order chi connectivity index (χ1) is 10.2. The average molecular weight is 308 g/mol. The highest BCUT2D eigenvalue weighted by Crippen LogP contribution is 2.26. The summed E-state index contributed by atoms with van der Waals surface area (Å²) in [6.07, 6.45) is 0. The van der Waals surface area contributed by atoms with Crippen LogP contribution in [0.4, 0.5) is 4.39 Å². The Morgan fingerprint density at radius 2 is 1.62 bits per heavy atom. The Hall–Kier alpha value is -1.88. The van der Waals surface area contributed by atoms with Crippen molar-refractivity contribution in [2.24, 2.45) is 0 Å². The molecule has 0 spiro atoms. The Balaban J connectivity index is 1.93. The molecule has 0 radical (unpaired) electrons. The first-order valence-electron chi connectivity index (χ1n) is 6.70. The van der Waals surface area contributed by atoms with Crippen LogP contribution < -0.4 is 9.47 Å². The summed E-state index contributed by atoms with van der Waals surface area (Å²) < 4.78 is 36.5. The lowest BCUT2D eigenvalue weighted by Crippen LogP contribution is -2.10. The topological polar surface area (TPSA) is 35.5 Å². The monoisotopic (exact) mass is 308 g/mol. The van der Waals surface area contributed by atoms with Gasteiger partial charge >= 0.3 is 0 Å². The Kier molecular flexibility index (Phi) is 5.75. The predicted octanol–water partition coefficient (Wildman–Crippen LogP) is 3.41. The van der Waals surface area contributed by atoms with Gasteiger partial charge in [-0.05, 0) is 31.2 Å². The third-order valence-electron chi connectivity index (χ3n) is 2.76. The zero-order valence-corrected chi connectivity index (χ0v) is 12.6. The summed E-state index contributed by atoms with van der Waals surface area (Å²) in [7, 11) is -1.42. The van der Waals surface area contributed by atoms with Crippen LogP contribution in [0.1, 0.15) is 6.92 Å². The molecule has 21 heavy (non-hydrogen) atoms. The number of rotatable bonds is 7. The predicted molar refractivity (Wildman–Crippen MR) is 80.8 cm³/mol. The van der Waals surface area contributed by atoms with E-state index >= 15 is 0 Å². The summed E-state index contributed by atoms with van der Waals surface area (Å²) >= 11 is 0. The van der Waals surface area contributed by atoms with Crippen LogP contribution >= 0.6 is 0 Å². The molecule has 0 fully saturated rings. The molecule has 3 nitrogen and oxygen atoms in total. The molecule has 2 aromatic rings. The van der Waals surface area contributed by atoms with Gasteiger partial charge in [0, 0.05) is 0 Å². The summed E-state index contributed by atoms with van der Waals surface area (Å²) in [6.45, 7) is 2.66. The maximum Gasteiger partial charge on any atom is 0.161 e. The molecule has 112 valence electrons. The first kappa shape index (κ1) is 15.5. The van der Waals surface area contributed by atoms with Gasteiger partial charge in [-0.3, -0.25) is 4.21 Å². The lowest BCUT2D eigenvalue weighted by atomic mass is 10.3. The molecule has 2 aromatic carbocycles. The van der Waals surface area contributed by atoms with E-state index in [0.29, 0.717) is 18.1 Å². The fourth-order valence-electron chi connectivity index (χ4n) is 1.81. The number of hydrogen-bond acceptors (Lipinski definition) is 3. The SMILES string of the molecule is CCOc1ccccc1OCCS(=O)c1ccccc1F. The van der Waals surface area contributed by atoms with Gasteiger partial charge in [-0.1, -0.05) is 24.3 Å². The molecule has 1 unspecified atom stereocenters. The molecular formula is C16H17FO3S. The maximum absolute atomic E-state index is 13.5. The molecular weight excluding hydrogens is 291 g/mol. The summed E-state index contributed by atoms with van der Waals surface area (Å²) in [4.78, 5) is 0.208. The molecule has 0 heterocycles. The Bertz CT molecular complexity index is 616. The number of ether oxygens (including phenoxy) is 2. The van der Waals surface area contributed by atoms with E-state index < -0.39 is 16.6 Å². The van der Waals surface area contributed by atoms with Crippen LogP contribution in [-0.2, 0) is 10.8 Å². The van der Waals surface area contributed by atoms with Crippen molar-refractivity contribution in [2.75, 3.05) is 19.0 Å². The minimum absolute atomic E-state index is 0.208. The summed E-state index contributed by atoms with van der Waals surface area (Å²) in [5, 5.41) is 0. The van der Waals surface area contributed by atoms with Gasteiger partial charge in [0.2, 0.25) is 0 Å². The molecule has 0 aliphatic rings. The zero-order valence-electron chi connectivity index (χ0n) is 11.8. The second kappa shape index (κ2) is 7.78. The fourth-order valence-corrected chi connectivity index (χ4v) is 2.78. The van der Waals surface area contributed by atoms with Gasteiger partial charge in [-0.2, -0.15) is 0 Å². The van der Waals surface area contributed by atoms with Crippen LogP contribution in [0, 0.1) is 5.82 Å². The second-order valence-electron chi connectivity index (χ2n) is 4.21. The van der Waals surface area contributed by atoms with Crippen molar-refractivity contribution < 1.29 is 18.1 Å². The summed E-state index contributed by atoms with van der Waals surface area (Å²) in [5.74, 6) is 1.02. The van der Waals surface area contributed by atoms with Gasteiger partial charge in [-0.25, -0.2) is 4.39 Å². The van der Waals surface area contributed by atoms with Gasteiger partial charge in [0.1, 0.15) is 12.4 Å². The number of halogens is 1. The minimum atomic E-state index is -1.42. The molecule has 0 aliphatic carbocycles. The minimum Gasteiger partial charge on any atom is -0.490 e. The largest absolute Gasteiger partial charge is 0.490 e. The van der Waals surface area contributed by atoms with E-state index in [1.807, 2.05) is 25.1 Å². The first-order valence-corrected chi connectivity index (χ1v) is 8.01. The fraction of sp³-hybridized carbons (Fsp3) is 0.250. The van der Waals surface area contributed by atoms with Crippen molar-refractivity contribution in [2.45, 2.75) is 11.8 Å². The Labute approximate surface area is 126 Å². The summed E-state index contributed by atoms with van der Waals surface area (Å²) in [6, 6.07) is 13.4. The number of hydrogen-bond donors (Lipinski definition) is 0. The average Bonchev–Trinajstić information content (AvgIpc) is 2.49. The highest BCUT2D eigenvalue weighted by Gasteiger charge is 2.10. The Morgan fingerprint density at radius 3 is 2.29 bits per heavy atom. The van der Waals surface area contributed by atoms with E-state index in [2.05, 4.69) is 0 Å². The van der Waals surface area contributed by atoms with E-state index in [1.54, 1.807) is 18.2 Å². The van der Waals surface area contributed by atoms with E-state index in [4.69, 9.17) is 9.47 Å². The van der Waals surface area contributed by atoms with Crippen LogP contribution in [0.15, 0.2) is 53.4 Å². The lowest BCUT2D eigenvalue weighted by molar-refractivity contribution is 0.289. The maximum atomic E-state index is 13.5. The van der Waals surface area contributed by atoms with Gasteiger partial charge in [-0.15, -0.1) is 0 Å². The van der Waals surface area contributed by atoms with Crippen molar-refractivity contribution in [3.05, 3.63) is 54.3 Å². The van der Waals surface area contributed by atoms with Gasteiger partial charge < -0.3 is 9.47 Å². The quantitative estimate of drug-likeness (QED) is 0.786. The molecule has 2 rings (SSSR count). The molecule has 0 saturated heterocycles. The van der Waals surface area contributed by atoms with Crippen molar-refractivity contribution in [1.29, 1.82) is 0 Å². The molecule has 1 atom stereocenters. The summed E-state index contributed by atoms with van der Waals surface area (Å²) in [5.41, 5.74) is 0. The molecule has 0 aromatic heterocycles. The molecule has 5 heteroatoms. The molecule has 0 saturated carbocycles. The van der Waals surface area contributed by atoms with Crippen LogP contribution in [-0.4, -0.2) is 23.2 Å². The third kappa shape index (κ3) is 4.29. The molecule has 0 N–H and O–H groups in total. The van der Waals surface area contributed by atoms with Crippen molar-refractivity contribution in [3.63, 3.8) is 0 Å². The van der Waals surface area contributed by atoms with Gasteiger partial charge in [0.15, 0.2) is 11.5 Å². The van der Waals surface area contributed by atoms with Crippen LogP contribution in [0.2, 0.25) is 0 Å². The molecule has 0 bridgehead atoms. The van der Waals surface area contributed by atoms with Gasteiger partial charge in [0.25, 0.3) is 0 Å². The molecule has 0 aliphatic heterocycles. The van der Waals surface area contributed by atoms with Crippen LogP contribution in [0.25, 0.3) is 0 Å². The van der Waals surface area contributed by atoms with Crippen LogP contribution in [0.5, 0.6) is 11.5 Å². The van der Waals surface area contributed by atoms with Crippen molar-refractivity contribution in [1.82, 2.24) is 0 Å². The van der Waals surface area contributed by atoms with Crippen molar-refractivity contribution >= 4 is 10.8 Å². The van der Waals surface area contributed by atoms with E-state index in [-0.39, 0.29) is 17.3 Å². The highest BCUT2D eigenvalue weighted by molar-refractivity contribution is 7.85. The Morgan fingerprint density at radius 1 is 1.00 bits per heavy atom. The van der Waals surface area contributed by atoms with E-state index in [1.165, 1.54) is 12.1 Å². The number of benzene rings is 2. The van der Waals surface area contributed by atoms with Crippen molar-refractivity contribution in [3.8, 4) is 11.5 Å². The highest BCUT2D eigenvalue weighted by atomic mass is 32.2. The lowest BCUT2D eigenvalue weighted by Gasteiger charge is -2.11. The smallest absolute Gasteiger partial charge is 0.161 e. The van der Waals surface area contributed by atoms with Gasteiger partial charge in [0.05, 0.1) is 28.1 Å². The van der Waals surface area contributed by atoms with E-state index in [0.717, 1.165) is 0 Å².